The van der Waals surface area contributed by atoms with Gasteiger partial charge in [-0.2, -0.15) is 0 Å². The van der Waals surface area contributed by atoms with Gasteiger partial charge in [0.15, 0.2) is 0 Å². The molecule has 0 bridgehead atoms. The number of carbonyl (C=O) groups excluding carboxylic acids is 3. The summed E-state index contributed by atoms with van der Waals surface area (Å²) in [5.74, 6) is -0.736. The van der Waals surface area contributed by atoms with Crippen LogP contribution in [0.2, 0.25) is 0 Å². The van der Waals surface area contributed by atoms with E-state index >= 15 is 0 Å². The maximum Gasteiger partial charge on any atom is 0.320 e. The van der Waals surface area contributed by atoms with Crippen LogP contribution in [-0.4, -0.2) is 71.8 Å². The number of amides is 4. The lowest BCUT2D eigenvalue weighted by molar-refractivity contribution is -0.126. The van der Waals surface area contributed by atoms with E-state index in [4.69, 9.17) is 5.73 Å². The first kappa shape index (κ1) is 18.0. The van der Waals surface area contributed by atoms with Crippen LogP contribution in [0.25, 0.3) is 0 Å². The molecule has 1 heterocycles. The van der Waals surface area contributed by atoms with Crippen molar-refractivity contribution in [3.63, 3.8) is 0 Å². The molecular formula is C15H26N4O3. The van der Waals surface area contributed by atoms with Gasteiger partial charge in [0, 0.05) is 27.2 Å². The van der Waals surface area contributed by atoms with Crippen molar-refractivity contribution in [1.82, 2.24) is 14.7 Å². The summed E-state index contributed by atoms with van der Waals surface area (Å²) in [5, 5.41) is 0. The summed E-state index contributed by atoms with van der Waals surface area (Å²) >= 11 is 0. The van der Waals surface area contributed by atoms with Crippen molar-refractivity contribution in [2.75, 3.05) is 27.2 Å². The molecule has 22 heavy (non-hydrogen) atoms. The number of primary amides is 1. The van der Waals surface area contributed by atoms with E-state index < -0.39 is 11.9 Å². The Morgan fingerprint density at radius 1 is 1.32 bits per heavy atom. The molecule has 4 amide bonds. The average Bonchev–Trinajstić information content (AvgIpc) is 2.93. The first-order valence-corrected chi connectivity index (χ1v) is 7.41. The first-order chi connectivity index (χ1) is 10.2. The van der Waals surface area contributed by atoms with Gasteiger partial charge in [0.1, 0.15) is 6.04 Å². The highest BCUT2D eigenvalue weighted by molar-refractivity contribution is 5.87. The Labute approximate surface area is 131 Å². The zero-order valence-electron chi connectivity index (χ0n) is 13.8. The van der Waals surface area contributed by atoms with Gasteiger partial charge < -0.3 is 20.4 Å². The van der Waals surface area contributed by atoms with Gasteiger partial charge in [-0.3, -0.25) is 9.59 Å². The van der Waals surface area contributed by atoms with Gasteiger partial charge in [-0.15, -0.1) is 0 Å². The maximum absolute atomic E-state index is 12.5. The average molecular weight is 310 g/mol. The molecule has 1 saturated heterocycles. The van der Waals surface area contributed by atoms with Crippen molar-refractivity contribution in [3.8, 4) is 0 Å². The summed E-state index contributed by atoms with van der Waals surface area (Å²) < 4.78 is 0. The molecule has 1 rings (SSSR count). The topological polar surface area (TPSA) is 87.0 Å². The highest BCUT2D eigenvalue weighted by atomic mass is 16.2. The fraction of sp³-hybridized carbons (Fsp3) is 0.667. The number of nitrogens with zero attached hydrogens (tertiary/aromatic N) is 3. The summed E-state index contributed by atoms with van der Waals surface area (Å²) in [6, 6.07) is -0.910. The second-order valence-corrected chi connectivity index (χ2v) is 6.03. The molecule has 1 unspecified atom stereocenters. The third kappa shape index (κ3) is 3.78. The lowest BCUT2D eigenvalue weighted by Crippen LogP contribution is -2.53. The molecule has 0 saturated carbocycles. The molecule has 0 aromatic carbocycles. The van der Waals surface area contributed by atoms with Crippen LogP contribution < -0.4 is 5.73 Å². The summed E-state index contributed by atoms with van der Waals surface area (Å²) in [6.45, 7) is 8.16. The Kier molecular flexibility index (Phi) is 5.96. The van der Waals surface area contributed by atoms with Crippen LogP contribution >= 0.6 is 0 Å². The van der Waals surface area contributed by atoms with Gasteiger partial charge in [-0.05, 0) is 18.4 Å². The number of hydrogen-bond acceptors (Lipinski definition) is 3. The lowest BCUT2D eigenvalue weighted by Gasteiger charge is -2.32. The van der Waals surface area contributed by atoms with Gasteiger partial charge >= 0.3 is 6.03 Å². The minimum atomic E-state index is -0.640. The Hall–Kier alpha value is -2.05. The molecule has 0 spiro atoms. The van der Waals surface area contributed by atoms with E-state index in [0.717, 1.165) is 0 Å². The van der Waals surface area contributed by atoms with Crippen molar-refractivity contribution in [3.05, 3.63) is 12.7 Å². The molecule has 1 aliphatic heterocycles. The van der Waals surface area contributed by atoms with Crippen LogP contribution in [-0.2, 0) is 9.59 Å². The van der Waals surface area contributed by atoms with Gasteiger partial charge in [0.25, 0.3) is 0 Å². The van der Waals surface area contributed by atoms with Crippen LogP contribution in [0.4, 0.5) is 4.79 Å². The number of urea groups is 1. The van der Waals surface area contributed by atoms with E-state index in [2.05, 4.69) is 6.58 Å². The predicted octanol–water partition coefficient (Wildman–Crippen LogP) is 0.267. The monoisotopic (exact) mass is 310 g/mol. The van der Waals surface area contributed by atoms with Crippen LogP contribution in [0.5, 0.6) is 0 Å². The van der Waals surface area contributed by atoms with Crippen LogP contribution in [0, 0.1) is 5.92 Å². The molecule has 0 aromatic heterocycles. The zero-order chi connectivity index (χ0) is 17.0. The van der Waals surface area contributed by atoms with E-state index in [1.807, 2.05) is 13.8 Å². The molecule has 2 atom stereocenters. The normalized spacial score (nSPS) is 19.0. The number of hydrogen-bond donors (Lipinski definition) is 1. The third-order valence-electron chi connectivity index (χ3n) is 4.15. The molecule has 2 N–H and O–H groups in total. The molecule has 0 radical (unpaired) electrons. The SMILES string of the molecule is C=CC(=O)N(C)C1CCN(C(=O)N(C)[C@H](C(N)=O)C(C)C)C1. The molecule has 0 aromatic rings. The van der Waals surface area contributed by atoms with Crippen molar-refractivity contribution < 1.29 is 14.4 Å². The summed E-state index contributed by atoms with van der Waals surface area (Å²) in [6.07, 6.45) is 1.97. The van der Waals surface area contributed by atoms with Crippen molar-refractivity contribution in [2.24, 2.45) is 11.7 Å². The summed E-state index contributed by atoms with van der Waals surface area (Å²) in [4.78, 5) is 40.3. The Balaban J connectivity index is 2.73. The fourth-order valence-electron chi connectivity index (χ4n) is 2.86. The molecule has 1 aliphatic rings. The highest BCUT2D eigenvalue weighted by Crippen LogP contribution is 2.18. The van der Waals surface area contributed by atoms with E-state index in [9.17, 15) is 14.4 Å². The summed E-state index contributed by atoms with van der Waals surface area (Å²) in [7, 11) is 3.29. The molecule has 124 valence electrons. The zero-order valence-corrected chi connectivity index (χ0v) is 13.8. The van der Waals surface area contributed by atoms with Crippen molar-refractivity contribution in [1.29, 1.82) is 0 Å². The second kappa shape index (κ2) is 7.29. The standard InChI is InChI=1S/C15H26N4O3/c1-6-12(20)17(4)11-7-8-19(9-11)15(22)18(5)13(10(2)3)14(16)21/h6,10-11,13H,1,7-9H2,2-5H3,(H2,16,21)/t11?,13-/m0/s1. The van der Waals surface area contributed by atoms with Crippen LogP contribution in [0.1, 0.15) is 20.3 Å². The smallest absolute Gasteiger partial charge is 0.320 e. The van der Waals surface area contributed by atoms with E-state index in [0.29, 0.717) is 19.5 Å². The maximum atomic E-state index is 12.5. The predicted molar refractivity (Wildman–Crippen MR) is 83.9 cm³/mol. The van der Waals surface area contributed by atoms with Crippen molar-refractivity contribution in [2.45, 2.75) is 32.4 Å². The lowest BCUT2D eigenvalue weighted by atomic mass is 10.0. The quantitative estimate of drug-likeness (QED) is 0.739. The van der Waals surface area contributed by atoms with E-state index in [-0.39, 0.29) is 23.9 Å². The van der Waals surface area contributed by atoms with Gasteiger partial charge in [0.05, 0.1) is 6.04 Å². The first-order valence-electron chi connectivity index (χ1n) is 7.41. The molecular weight excluding hydrogens is 284 g/mol. The molecule has 1 fully saturated rings. The second-order valence-electron chi connectivity index (χ2n) is 6.03. The van der Waals surface area contributed by atoms with Crippen LogP contribution in [0.3, 0.4) is 0 Å². The number of likely N-dealkylation sites (N-methyl/N-ethyl adjacent to an activating group) is 2. The van der Waals surface area contributed by atoms with E-state index in [1.165, 1.54) is 11.0 Å². The van der Waals surface area contributed by atoms with Crippen LogP contribution in [0.15, 0.2) is 12.7 Å². The van der Waals surface area contributed by atoms with Gasteiger partial charge in [-0.1, -0.05) is 20.4 Å². The number of rotatable bonds is 5. The minimum Gasteiger partial charge on any atom is -0.368 e. The molecule has 0 aliphatic carbocycles. The Morgan fingerprint density at radius 3 is 2.36 bits per heavy atom. The Bertz CT molecular complexity index is 464. The molecule has 7 heteroatoms. The van der Waals surface area contributed by atoms with Gasteiger partial charge in [0.2, 0.25) is 11.8 Å². The van der Waals surface area contributed by atoms with Crippen molar-refractivity contribution >= 4 is 17.8 Å². The minimum absolute atomic E-state index is 0.0334. The Morgan fingerprint density at radius 2 is 1.91 bits per heavy atom. The van der Waals surface area contributed by atoms with Gasteiger partial charge in [-0.25, -0.2) is 4.79 Å². The highest BCUT2D eigenvalue weighted by Gasteiger charge is 2.35. The third-order valence-corrected chi connectivity index (χ3v) is 4.15. The fourth-order valence-corrected chi connectivity index (χ4v) is 2.86. The number of nitrogens with two attached hydrogens (primary N) is 1. The number of likely N-dealkylation sites (tertiary alicyclic amines) is 1. The summed E-state index contributed by atoms with van der Waals surface area (Å²) in [5.41, 5.74) is 5.39. The largest absolute Gasteiger partial charge is 0.368 e. The van der Waals surface area contributed by atoms with E-state index in [1.54, 1.807) is 23.9 Å². The number of carbonyl (C=O) groups is 3. The molecule has 7 nitrogen and oxygen atoms in total.